The van der Waals surface area contributed by atoms with E-state index in [0.29, 0.717) is 39.0 Å². The standard InChI is InChI=1S/C11H22O4/c1-13-7-8-14-5-2-6-15-9-11(12)10-3-4-10/h10-12H,2-9H2,1H3. The second-order valence-corrected chi connectivity index (χ2v) is 3.94. The van der Waals surface area contributed by atoms with Crippen molar-refractivity contribution in [2.24, 2.45) is 5.92 Å². The predicted octanol–water partition coefficient (Wildman–Crippen LogP) is 0.827. The van der Waals surface area contributed by atoms with E-state index in [0.717, 1.165) is 19.3 Å². The van der Waals surface area contributed by atoms with E-state index >= 15 is 0 Å². The van der Waals surface area contributed by atoms with Crippen LogP contribution in [-0.2, 0) is 14.2 Å². The van der Waals surface area contributed by atoms with Gasteiger partial charge in [-0.25, -0.2) is 0 Å². The van der Waals surface area contributed by atoms with Crippen molar-refractivity contribution in [1.82, 2.24) is 0 Å². The Hall–Kier alpha value is -0.160. The molecule has 1 fully saturated rings. The van der Waals surface area contributed by atoms with Crippen LogP contribution < -0.4 is 0 Å². The fourth-order valence-corrected chi connectivity index (χ4v) is 1.33. The van der Waals surface area contributed by atoms with Gasteiger partial charge in [-0.3, -0.25) is 0 Å². The van der Waals surface area contributed by atoms with Crippen molar-refractivity contribution < 1.29 is 19.3 Å². The van der Waals surface area contributed by atoms with Gasteiger partial charge in [-0.05, 0) is 25.2 Å². The van der Waals surface area contributed by atoms with Crippen molar-refractivity contribution in [3.63, 3.8) is 0 Å². The maximum Gasteiger partial charge on any atom is 0.0801 e. The molecule has 1 aliphatic carbocycles. The highest BCUT2D eigenvalue weighted by Gasteiger charge is 2.29. The highest BCUT2D eigenvalue weighted by molar-refractivity contribution is 4.80. The molecule has 0 aromatic heterocycles. The Balaban J connectivity index is 1.72. The summed E-state index contributed by atoms with van der Waals surface area (Å²) >= 11 is 0. The average Bonchev–Trinajstić information content (AvgIpc) is 3.05. The van der Waals surface area contributed by atoms with Crippen LogP contribution in [0.5, 0.6) is 0 Å². The minimum atomic E-state index is -0.251. The van der Waals surface area contributed by atoms with Gasteiger partial charge < -0.3 is 19.3 Å². The second-order valence-electron chi connectivity index (χ2n) is 3.94. The van der Waals surface area contributed by atoms with Gasteiger partial charge in [0.25, 0.3) is 0 Å². The van der Waals surface area contributed by atoms with Crippen LogP contribution in [0.15, 0.2) is 0 Å². The number of methoxy groups -OCH3 is 1. The van der Waals surface area contributed by atoms with Crippen LogP contribution in [0.25, 0.3) is 0 Å². The lowest BCUT2D eigenvalue weighted by atomic mass is 10.2. The summed E-state index contributed by atoms with van der Waals surface area (Å²) in [5.41, 5.74) is 0. The molecule has 0 bridgehead atoms. The third-order valence-corrected chi connectivity index (χ3v) is 2.46. The van der Waals surface area contributed by atoms with Gasteiger partial charge in [0.05, 0.1) is 25.9 Å². The number of rotatable bonds is 10. The van der Waals surface area contributed by atoms with Gasteiger partial charge in [-0.2, -0.15) is 0 Å². The largest absolute Gasteiger partial charge is 0.390 e. The SMILES string of the molecule is COCCOCCCOCC(O)C1CC1. The lowest BCUT2D eigenvalue weighted by Crippen LogP contribution is -2.18. The van der Waals surface area contributed by atoms with E-state index in [9.17, 15) is 5.11 Å². The maximum atomic E-state index is 9.49. The summed E-state index contributed by atoms with van der Waals surface area (Å²) in [7, 11) is 1.66. The zero-order valence-corrected chi connectivity index (χ0v) is 9.48. The van der Waals surface area contributed by atoms with Crippen molar-refractivity contribution in [3.05, 3.63) is 0 Å². The van der Waals surface area contributed by atoms with Crippen LogP contribution in [-0.4, -0.2) is 51.4 Å². The minimum Gasteiger partial charge on any atom is -0.390 e. The first-order valence-corrected chi connectivity index (χ1v) is 5.67. The first-order chi connectivity index (χ1) is 7.34. The number of hydrogen-bond donors (Lipinski definition) is 1. The van der Waals surface area contributed by atoms with E-state index < -0.39 is 0 Å². The molecule has 0 spiro atoms. The Kier molecular flexibility index (Phi) is 6.92. The third kappa shape index (κ3) is 6.84. The summed E-state index contributed by atoms with van der Waals surface area (Å²) in [6.07, 6.45) is 2.94. The molecular formula is C11H22O4. The van der Waals surface area contributed by atoms with Crippen LogP contribution in [0.1, 0.15) is 19.3 Å². The lowest BCUT2D eigenvalue weighted by Gasteiger charge is -2.09. The molecule has 0 aliphatic heterocycles. The summed E-state index contributed by atoms with van der Waals surface area (Å²) in [5.74, 6) is 0.503. The molecule has 0 amide bonds. The molecule has 0 heterocycles. The molecule has 1 atom stereocenters. The summed E-state index contributed by atoms with van der Waals surface area (Å²) in [6.45, 7) is 3.12. The van der Waals surface area contributed by atoms with Crippen LogP contribution in [0.3, 0.4) is 0 Å². The van der Waals surface area contributed by atoms with E-state index in [-0.39, 0.29) is 6.10 Å². The van der Waals surface area contributed by atoms with Gasteiger partial charge >= 0.3 is 0 Å². The Morgan fingerprint density at radius 2 is 1.87 bits per heavy atom. The number of aliphatic hydroxyl groups is 1. The highest BCUT2D eigenvalue weighted by Crippen LogP contribution is 2.32. The Bertz CT molecular complexity index is 148. The van der Waals surface area contributed by atoms with Crippen LogP contribution in [0.2, 0.25) is 0 Å². The van der Waals surface area contributed by atoms with Crippen molar-refractivity contribution >= 4 is 0 Å². The summed E-state index contributed by atoms with van der Waals surface area (Å²) in [4.78, 5) is 0. The molecule has 15 heavy (non-hydrogen) atoms. The molecule has 0 aromatic rings. The smallest absolute Gasteiger partial charge is 0.0801 e. The monoisotopic (exact) mass is 218 g/mol. The van der Waals surface area contributed by atoms with Gasteiger partial charge in [0, 0.05) is 20.3 Å². The molecule has 4 nitrogen and oxygen atoms in total. The van der Waals surface area contributed by atoms with Gasteiger partial charge in [-0.15, -0.1) is 0 Å². The zero-order valence-electron chi connectivity index (χ0n) is 9.48. The van der Waals surface area contributed by atoms with E-state index in [1.54, 1.807) is 7.11 Å². The summed E-state index contributed by atoms with van der Waals surface area (Å²) in [5, 5.41) is 9.49. The Labute approximate surface area is 91.5 Å². The fourth-order valence-electron chi connectivity index (χ4n) is 1.33. The summed E-state index contributed by atoms with van der Waals surface area (Å²) < 4.78 is 15.5. The van der Waals surface area contributed by atoms with Gasteiger partial charge in [0.1, 0.15) is 0 Å². The average molecular weight is 218 g/mol. The molecule has 1 unspecified atom stereocenters. The van der Waals surface area contributed by atoms with E-state index in [2.05, 4.69) is 0 Å². The van der Waals surface area contributed by atoms with E-state index in [1.807, 2.05) is 0 Å². The Morgan fingerprint density at radius 1 is 1.13 bits per heavy atom. The molecule has 0 aromatic carbocycles. The lowest BCUT2D eigenvalue weighted by molar-refractivity contribution is 0.0112. The predicted molar refractivity (Wildman–Crippen MR) is 56.9 cm³/mol. The molecule has 1 aliphatic rings. The van der Waals surface area contributed by atoms with Crippen molar-refractivity contribution in [1.29, 1.82) is 0 Å². The van der Waals surface area contributed by atoms with Gasteiger partial charge in [-0.1, -0.05) is 0 Å². The van der Waals surface area contributed by atoms with Gasteiger partial charge in [0.2, 0.25) is 0 Å². The first-order valence-electron chi connectivity index (χ1n) is 5.67. The van der Waals surface area contributed by atoms with Crippen molar-refractivity contribution in [3.8, 4) is 0 Å². The highest BCUT2D eigenvalue weighted by atomic mass is 16.5. The maximum absolute atomic E-state index is 9.49. The molecular weight excluding hydrogens is 196 g/mol. The van der Waals surface area contributed by atoms with Gasteiger partial charge in [0.15, 0.2) is 0 Å². The molecule has 1 rings (SSSR count). The zero-order chi connectivity index (χ0) is 10.9. The molecule has 1 saturated carbocycles. The Morgan fingerprint density at radius 3 is 2.53 bits per heavy atom. The van der Waals surface area contributed by atoms with Crippen molar-refractivity contribution in [2.75, 3.05) is 40.1 Å². The molecule has 90 valence electrons. The number of ether oxygens (including phenoxy) is 3. The van der Waals surface area contributed by atoms with Crippen LogP contribution in [0.4, 0.5) is 0 Å². The topological polar surface area (TPSA) is 47.9 Å². The number of hydrogen-bond acceptors (Lipinski definition) is 4. The molecule has 0 radical (unpaired) electrons. The summed E-state index contributed by atoms with van der Waals surface area (Å²) in [6, 6.07) is 0. The van der Waals surface area contributed by atoms with E-state index in [4.69, 9.17) is 14.2 Å². The second kappa shape index (κ2) is 8.05. The van der Waals surface area contributed by atoms with Crippen LogP contribution >= 0.6 is 0 Å². The molecule has 4 heteroatoms. The first kappa shape index (κ1) is 12.9. The fraction of sp³-hybridized carbons (Fsp3) is 1.00. The molecule has 1 N–H and O–H groups in total. The molecule has 0 saturated heterocycles. The third-order valence-electron chi connectivity index (χ3n) is 2.46. The van der Waals surface area contributed by atoms with Crippen molar-refractivity contribution in [2.45, 2.75) is 25.4 Å². The number of aliphatic hydroxyl groups excluding tert-OH is 1. The quantitative estimate of drug-likeness (QED) is 0.552. The minimum absolute atomic E-state index is 0.251. The van der Waals surface area contributed by atoms with E-state index in [1.165, 1.54) is 0 Å². The normalized spacial score (nSPS) is 18.0. The van der Waals surface area contributed by atoms with Crippen LogP contribution in [0, 0.1) is 5.92 Å².